The van der Waals surface area contributed by atoms with Crippen molar-refractivity contribution in [3.8, 4) is 0 Å². The average molecular weight is 301 g/mol. The summed E-state index contributed by atoms with van der Waals surface area (Å²) in [7, 11) is -3.65. The Balaban J connectivity index is 2.24. The number of rotatable bonds is 7. The minimum absolute atomic E-state index is 0.0475. The third-order valence-corrected chi connectivity index (χ3v) is 5.60. The van der Waals surface area contributed by atoms with Gasteiger partial charge in [0.05, 0.1) is 6.61 Å². The van der Waals surface area contributed by atoms with Gasteiger partial charge in [0.25, 0.3) is 0 Å². The highest BCUT2D eigenvalue weighted by molar-refractivity contribution is 7.89. The van der Waals surface area contributed by atoms with Crippen LogP contribution in [0.2, 0.25) is 0 Å². The molecule has 5 nitrogen and oxygen atoms in total. The van der Waals surface area contributed by atoms with Gasteiger partial charge < -0.3 is 9.52 Å². The fourth-order valence-electron chi connectivity index (χ4n) is 2.58. The lowest BCUT2D eigenvalue weighted by atomic mass is 10.1. The quantitative estimate of drug-likeness (QED) is 0.809. The molecule has 1 atom stereocenters. The van der Waals surface area contributed by atoms with Gasteiger partial charge in [-0.25, -0.2) is 13.1 Å². The summed E-state index contributed by atoms with van der Waals surface area (Å²) in [5.74, 6) is 1.45. The van der Waals surface area contributed by atoms with Crippen LogP contribution >= 0.6 is 0 Å². The van der Waals surface area contributed by atoms with E-state index in [1.165, 1.54) is 12.8 Å². The zero-order valence-electron chi connectivity index (χ0n) is 12.3. The van der Waals surface area contributed by atoms with Gasteiger partial charge in [-0.2, -0.15) is 0 Å². The molecule has 1 fully saturated rings. The Kier molecular flexibility index (Phi) is 4.56. The molecular weight excluding hydrogens is 278 g/mol. The maximum Gasteiger partial charge on any atom is 0.244 e. The highest BCUT2D eigenvalue weighted by Crippen LogP contribution is 2.35. The average Bonchev–Trinajstić information content (AvgIpc) is 3.12. The molecule has 0 amide bonds. The first-order valence-corrected chi connectivity index (χ1v) is 8.59. The molecule has 1 saturated carbocycles. The van der Waals surface area contributed by atoms with Gasteiger partial charge in [0.2, 0.25) is 10.0 Å². The van der Waals surface area contributed by atoms with Crippen molar-refractivity contribution >= 4 is 10.0 Å². The van der Waals surface area contributed by atoms with E-state index in [9.17, 15) is 13.5 Å². The summed E-state index contributed by atoms with van der Waals surface area (Å²) >= 11 is 0. The molecular formula is C14H23NO4S. The van der Waals surface area contributed by atoms with E-state index >= 15 is 0 Å². The smallest absolute Gasteiger partial charge is 0.244 e. The van der Waals surface area contributed by atoms with Crippen molar-refractivity contribution in [1.82, 2.24) is 4.72 Å². The van der Waals surface area contributed by atoms with E-state index in [1.807, 2.05) is 6.92 Å². The van der Waals surface area contributed by atoms with Gasteiger partial charge in [0.15, 0.2) is 0 Å². The van der Waals surface area contributed by atoms with E-state index in [0.717, 1.165) is 12.8 Å². The number of hydrogen-bond acceptors (Lipinski definition) is 4. The molecule has 2 rings (SSSR count). The van der Waals surface area contributed by atoms with Crippen molar-refractivity contribution in [1.29, 1.82) is 0 Å². The number of furan rings is 1. The summed E-state index contributed by atoms with van der Waals surface area (Å²) < 4.78 is 33.2. The van der Waals surface area contributed by atoms with E-state index < -0.39 is 10.0 Å². The molecule has 0 aromatic carbocycles. The maximum absolute atomic E-state index is 12.5. The normalized spacial score (nSPS) is 17.4. The van der Waals surface area contributed by atoms with Gasteiger partial charge in [-0.3, -0.25) is 0 Å². The molecule has 1 unspecified atom stereocenters. The lowest BCUT2D eigenvalue weighted by Gasteiger charge is -2.17. The summed E-state index contributed by atoms with van der Waals surface area (Å²) in [4.78, 5) is 0.103. The largest absolute Gasteiger partial charge is 0.465 e. The first-order valence-electron chi connectivity index (χ1n) is 7.11. The minimum atomic E-state index is -3.65. The summed E-state index contributed by atoms with van der Waals surface area (Å²) in [6.45, 7) is 4.93. The van der Waals surface area contributed by atoms with E-state index in [0.29, 0.717) is 23.0 Å². The number of aryl methyl sites for hydroxylation is 2. The van der Waals surface area contributed by atoms with Crippen molar-refractivity contribution in [3.05, 3.63) is 17.1 Å². The standard InChI is InChI=1S/C14H23NO4S/c1-4-12(7-11-5-6-11)15-20(17,18)14-10(3)19-9(2)13(14)8-16/h11-12,15-16H,4-8H2,1-3H3. The highest BCUT2D eigenvalue weighted by Gasteiger charge is 2.31. The second kappa shape index (κ2) is 5.87. The molecule has 0 saturated heterocycles. The Morgan fingerprint density at radius 1 is 1.35 bits per heavy atom. The number of aliphatic hydroxyl groups is 1. The molecule has 2 N–H and O–H groups in total. The molecule has 6 heteroatoms. The third kappa shape index (κ3) is 3.24. The fraction of sp³-hybridized carbons (Fsp3) is 0.714. The van der Waals surface area contributed by atoms with Gasteiger partial charge >= 0.3 is 0 Å². The molecule has 114 valence electrons. The van der Waals surface area contributed by atoms with E-state index in [4.69, 9.17) is 4.42 Å². The minimum Gasteiger partial charge on any atom is -0.465 e. The number of aliphatic hydroxyl groups excluding tert-OH is 1. The second-order valence-corrected chi connectivity index (χ2v) is 7.24. The Labute approximate surface area is 120 Å². The lowest BCUT2D eigenvalue weighted by molar-refractivity contribution is 0.276. The van der Waals surface area contributed by atoms with Crippen LogP contribution in [0.25, 0.3) is 0 Å². The second-order valence-electron chi connectivity index (χ2n) is 5.59. The number of nitrogens with one attached hydrogen (secondary N) is 1. The Bertz CT molecular complexity index is 572. The van der Waals surface area contributed by atoms with Crippen LogP contribution in [0, 0.1) is 19.8 Å². The number of sulfonamides is 1. The third-order valence-electron chi connectivity index (χ3n) is 3.88. The summed E-state index contributed by atoms with van der Waals surface area (Å²) in [6.07, 6.45) is 4.05. The SMILES string of the molecule is CCC(CC1CC1)NS(=O)(=O)c1c(C)oc(C)c1CO. The molecule has 1 aromatic heterocycles. The van der Waals surface area contributed by atoms with Crippen LogP contribution in [0.5, 0.6) is 0 Å². The summed E-state index contributed by atoms with van der Waals surface area (Å²) in [6, 6.07) is -0.0475. The van der Waals surface area contributed by atoms with Gasteiger partial charge in [-0.15, -0.1) is 0 Å². The predicted molar refractivity (Wildman–Crippen MR) is 75.8 cm³/mol. The zero-order chi connectivity index (χ0) is 14.9. The Hall–Kier alpha value is -0.850. The van der Waals surface area contributed by atoms with Crippen LogP contribution in [0.1, 0.15) is 49.7 Å². The van der Waals surface area contributed by atoms with Gasteiger partial charge in [-0.05, 0) is 32.6 Å². The van der Waals surface area contributed by atoms with Crippen molar-refractivity contribution in [2.45, 2.75) is 64.0 Å². The van der Waals surface area contributed by atoms with Crippen LogP contribution in [0.4, 0.5) is 0 Å². The number of hydrogen-bond donors (Lipinski definition) is 2. The van der Waals surface area contributed by atoms with Crippen molar-refractivity contribution < 1.29 is 17.9 Å². The van der Waals surface area contributed by atoms with Crippen LogP contribution in [-0.2, 0) is 16.6 Å². The molecule has 1 aliphatic rings. The Morgan fingerprint density at radius 2 is 2.00 bits per heavy atom. The van der Waals surface area contributed by atoms with Gasteiger partial charge in [0, 0.05) is 11.6 Å². The molecule has 0 spiro atoms. The molecule has 1 aromatic rings. The molecule has 0 bridgehead atoms. The fourth-order valence-corrected chi connectivity index (χ4v) is 4.35. The van der Waals surface area contributed by atoms with Crippen LogP contribution in [0.15, 0.2) is 9.31 Å². The Morgan fingerprint density at radius 3 is 2.50 bits per heavy atom. The van der Waals surface area contributed by atoms with Crippen molar-refractivity contribution in [2.24, 2.45) is 5.92 Å². The van der Waals surface area contributed by atoms with Crippen molar-refractivity contribution in [3.63, 3.8) is 0 Å². The topological polar surface area (TPSA) is 79.5 Å². The van der Waals surface area contributed by atoms with Crippen LogP contribution < -0.4 is 4.72 Å². The molecule has 0 radical (unpaired) electrons. The van der Waals surface area contributed by atoms with Gasteiger partial charge in [-0.1, -0.05) is 19.8 Å². The van der Waals surface area contributed by atoms with Crippen molar-refractivity contribution in [2.75, 3.05) is 0 Å². The monoisotopic (exact) mass is 301 g/mol. The van der Waals surface area contributed by atoms with E-state index in [-0.39, 0.29) is 17.5 Å². The van der Waals surface area contributed by atoms with Crippen LogP contribution in [-0.4, -0.2) is 19.6 Å². The predicted octanol–water partition coefficient (Wildman–Crippen LogP) is 2.25. The van der Waals surface area contributed by atoms with Gasteiger partial charge in [0.1, 0.15) is 16.4 Å². The summed E-state index contributed by atoms with van der Waals surface area (Å²) in [5.41, 5.74) is 0.358. The molecule has 20 heavy (non-hydrogen) atoms. The van der Waals surface area contributed by atoms with E-state index in [2.05, 4.69) is 4.72 Å². The zero-order valence-corrected chi connectivity index (χ0v) is 13.1. The first-order chi connectivity index (χ1) is 9.39. The van der Waals surface area contributed by atoms with Crippen LogP contribution in [0.3, 0.4) is 0 Å². The molecule has 1 heterocycles. The molecule has 0 aliphatic heterocycles. The highest BCUT2D eigenvalue weighted by atomic mass is 32.2. The van der Waals surface area contributed by atoms with E-state index in [1.54, 1.807) is 13.8 Å². The lowest BCUT2D eigenvalue weighted by Crippen LogP contribution is -2.35. The summed E-state index contributed by atoms with van der Waals surface area (Å²) in [5, 5.41) is 9.37. The molecule has 1 aliphatic carbocycles. The maximum atomic E-state index is 12.5. The first kappa shape index (κ1) is 15.5.